The minimum absolute atomic E-state index is 0.158. The SMILES string of the molecule is CCN(CC)C(=O)CN(C)C(=O)c1c(O)cccc1F. The van der Waals surface area contributed by atoms with E-state index in [0.29, 0.717) is 13.1 Å². The number of nitrogens with zero attached hydrogens (tertiary/aromatic N) is 2. The summed E-state index contributed by atoms with van der Waals surface area (Å²) in [5.74, 6) is -2.18. The molecule has 6 heteroatoms. The van der Waals surface area contributed by atoms with E-state index in [1.54, 1.807) is 4.90 Å². The normalized spacial score (nSPS) is 10.2. The molecule has 110 valence electrons. The number of phenols is 1. The number of hydrogen-bond acceptors (Lipinski definition) is 3. The number of likely N-dealkylation sites (N-methyl/N-ethyl adjacent to an activating group) is 2. The highest BCUT2D eigenvalue weighted by Gasteiger charge is 2.22. The van der Waals surface area contributed by atoms with Gasteiger partial charge >= 0.3 is 0 Å². The first kappa shape index (κ1) is 15.9. The van der Waals surface area contributed by atoms with Crippen LogP contribution >= 0.6 is 0 Å². The van der Waals surface area contributed by atoms with Gasteiger partial charge in [-0.15, -0.1) is 0 Å². The number of phenolic OH excluding ortho intramolecular Hbond substituents is 1. The fraction of sp³-hybridized carbons (Fsp3) is 0.429. The Morgan fingerprint density at radius 1 is 1.25 bits per heavy atom. The van der Waals surface area contributed by atoms with Crippen molar-refractivity contribution in [1.29, 1.82) is 0 Å². The van der Waals surface area contributed by atoms with Crippen molar-refractivity contribution < 1.29 is 19.1 Å². The van der Waals surface area contributed by atoms with Crippen LogP contribution in [0.4, 0.5) is 4.39 Å². The van der Waals surface area contributed by atoms with E-state index in [-0.39, 0.29) is 12.5 Å². The number of benzene rings is 1. The fourth-order valence-electron chi connectivity index (χ4n) is 1.87. The molecule has 0 spiro atoms. The van der Waals surface area contributed by atoms with E-state index in [0.717, 1.165) is 11.0 Å². The molecule has 0 aliphatic rings. The van der Waals surface area contributed by atoms with Crippen LogP contribution in [0, 0.1) is 5.82 Å². The van der Waals surface area contributed by atoms with Crippen LogP contribution in [0.2, 0.25) is 0 Å². The standard InChI is InChI=1S/C14H19FN2O3/c1-4-17(5-2)12(19)9-16(3)14(20)13-10(15)7-6-8-11(13)18/h6-8,18H,4-5,9H2,1-3H3. The van der Waals surface area contributed by atoms with E-state index >= 15 is 0 Å². The Hall–Kier alpha value is -2.11. The molecular formula is C14H19FN2O3. The Bertz CT molecular complexity index is 481. The van der Waals surface area contributed by atoms with Gasteiger partial charge < -0.3 is 14.9 Å². The van der Waals surface area contributed by atoms with Gasteiger partial charge in [0.2, 0.25) is 5.91 Å². The average molecular weight is 282 g/mol. The Labute approximate surface area is 117 Å². The van der Waals surface area contributed by atoms with Crippen LogP contribution in [0.5, 0.6) is 5.75 Å². The molecule has 2 amide bonds. The zero-order valence-corrected chi connectivity index (χ0v) is 11.9. The van der Waals surface area contributed by atoms with Crippen molar-refractivity contribution in [2.75, 3.05) is 26.7 Å². The molecule has 0 aliphatic carbocycles. The highest BCUT2D eigenvalue weighted by Crippen LogP contribution is 2.21. The van der Waals surface area contributed by atoms with E-state index in [1.807, 2.05) is 13.8 Å². The first-order valence-corrected chi connectivity index (χ1v) is 6.43. The largest absolute Gasteiger partial charge is 0.507 e. The van der Waals surface area contributed by atoms with Crippen molar-refractivity contribution in [2.45, 2.75) is 13.8 Å². The maximum Gasteiger partial charge on any atom is 0.260 e. The molecule has 1 aromatic rings. The second-order valence-electron chi connectivity index (χ2n) is 4.36. The van der Waals surface area contributed by atoms with Crippen LogP contribution in [0.1, 0.15) is 24.2 Å². The van der Waals surface area contributed by atoms with Crippen LogP contribution in [0.25, 0.3) is 0 Å². The third kappa shape index (κ3) is 3.46. The van der Waals surface area contributed by atoms with Crippen molar-refractivity contribution in [3.63, 3.8) is 0 Å². The molecule has 20 heavy (non-hydrogen) atoms. The lowest BCUT2D eigenvalue weighted by atomic mass is 10.1. The third-order valence-corrected chi connectivity index (χ3v) is 3.04. The molecule has 0 radical (unpaired) electrons. The monoisotopic (exact) mass is 282 g/mol. The predicted molar refractivity (Wildman–Crippen MR) is 73.0 cm³/mol. The molecule has 0 saturated heterocycles. The minimum atomic E-state index is -0.808. The molecule has 0 aromatic heterocycles. The summed E-state index contributed by atoms with van der Waals surface area (Å²) in [7, 11) is 1.40. The summed E-state index contributed by atoms with van der Waals surface area (Å²) >= 11 is 0. The van der Waals surface area contributed by atoms with E-state index in [2.05, 4.69) is 0 Å². The van der Waals surface area contributed by atoms with E-state index in [4.69, 9.17) is 0 Å². The summed E-state index contributed by atoms with van der Waals surface area (Å²) in [5, 5.41) is 9.56. The molecule has 1 N–H and O–H groups in total. The Morgan fingerprint density at radius 2 is 1.85 bits per heavy atom. The van der Waals surface area contributed by atoms with Gasteiger partial charge in [0.15, 0.2) is 0 Å². The quantitative estimate of drug-likeness (QED) is 0.889. The fourth-order valence-corrected chi connectivity index (χ4v) is 1.87. The van der Waals surface area contributed by atoms with Gasteiger partial charge in [0.25, 0.3) is 5.91 Å². The molecule has 1 rings (SSSR count). The molecule has 0 fully saturated rings. The van der Waals surface area contributed by atoms with Crippen LogP contribution in [-0.4, -0.2) is 53.4 Å². The molecule has 0 unspecified atom stereocenters. The summed E-state index contributed by atoms with van der Waals surface area (Å²) in [5.41, 5.74) is -0.414. The van der Waals surface area contributed by atoms with Crippen molar-refractivity contribution >= 4 is 11.8 Å². The van der Waals surface area contributed by atoms with Gasteiger partial charge in [0.1, 0.15) is 17.1 Å². The van der Waals surface area contributed by atoms with Crippen LogP contribution < -0.4 is 0 Å². The van der Waals surface area contributed by atoms with Gasteiger partial charge in [0, 0.05) is 20.1 Å². The third-order valence-electron chi connectivity index (χ3n) is 3.04. The number of rotatable bonds is 5. The van der Waals surface area contributed by atoms with Crippen LogP contribution in [-0.2, 0) is 4.79 Å². The van der Waals surface area contributed by atoms with Crippen molar-refractivity contribution in [3.8, 4) is 5.75 Å². The van der Waals surface area contributed by atoms with E-state index in [9.17, 15) is 19.1 Å². The van der Waals surface area contributed by atoms with Crippen molar-refractivity contribution in [3.05, 3.63) is 29.6 Å². The first-order chi connectivity index (χ1) is 9.42. The zero-order valence-electron chi connectivity index (χ0n) is 11.9. The van der Waals surface area contributed by atoms with E-state index in [1.165, 1.54) is 19.2 Å². The second kappa shape index (κ2) is 6.88. The van der Waals surface area contributed by atoms with Gasteiger partial charge in [-0.05, 0) is 26.0 Å². The molecular weight excluding hydrogens is 263 g/mol. The summed E-state index contributed by atoms with van der Waals surface area (Å²) in [6.07, 6.45) is 0. The lowest BCUT2D eigenvalue weighted by Crippen LogP contribution is -2.41. The molecule has 1 aromatic carbocycles. The van der Waals surface area contributed by atoms with Gasteiger partial charge in [-0.3, -0.25) is 9.59 Å². The highest BCUT2D eigenvalue weighted by atomic mass is 19.1. The molecule has 0 bridgehead atoms. The summed E-state index contributed by atoms with van der Waals surface area (Å²) in [6, 6.07) is 3.63. The number of carbonyl (C=O) groups is 2. The van der Waals surface area contributed by atoms with Gasteiger partial charge in [-0.1, -0.05) is 6.07 Å². The Morgan fingerprint density at radius 3 is 2.35 bits per heavy atom. The van der Waals surface area contributed by atoms with Gasteiger partial charge in [-0.25, -0.2) is 4.39 Å². The Balaban J connectivity index is 2.85. The number of amides is 2. The molecule has 0 atom stereocenters. The maximum absolute atomic E-state index is 13.6. The summed E-state index contributed by atoms with van der Waals surface area (Å²) in [4.78, 5) is 26.6. The lowest BCUT2D eigenvalue weighted by molar-refractivity contribution is -0.131. The number of halogens is 1. The molecule has 5 nitrogen and oxygen atoms in total. The smallest absolute Gasteiger partial charge is 0.260 e. The topological polar surface area (TPSA) is 60.9 Å². The zero-order chi connectivity index (χ0) is 15.3. The maximum atomic E-state index is 13.6. The molecule has 0 saturated carbocycles. The number of hydrogen-bond donors (Lipinski definition) is 1. The predicted octanol–water partition coefficient (Wildman–Crippen LogP) is 1.47. The average Bonchev–Trinajstić information content (AvgIpc) is 2.39. The minimum Gasteiger partial charge on any atom is -0.507 e. The highest BCUT2D eigenvalue weighted by molar-refractivity contribution is 5.98. The van der Waals surface area contributed by atoms with Crippen molar-refractivity contribution in [2.24, 2.45) is 0 Å². The van der Waals surface area contributed by atoms with E-state index < -0.39 is 23.0 Å². The second-order valence-corrected chi connectivity index (χ2v) is 4.36. The number of aromatic hydroxyl groups is 1. The Kier molecular flexibility index (Phi) is 5.49. The summed E-state index contributed by atoms with van der Waals surface area (Å²) in [6.45, 7) is 4.61. The van der Waals surface area contributed by atoms with Crippen LogP contribution in [0.15, 0.2) is 18.2 Å². The molecule has 0 aliphatic heterocycles. The molecule has 0 heterocycles. The lowest BCUT2D eigenvalue weighted by Gasteiger charge is -2.23. The summed E-state index contributed by atoms with van der Waals surface area (Å²) < 4.78 is 13.6. The number of carbonyl (C=O) groups excluding carboxylic acids is 2. The van der Waals surface area contributed by atoms with Gasteiger partial charge in [0.05, 0.1) is 6.54 Å². The van der Waals surface area contributed by atoms with Crippen molar-refractivity contribution in [1.82, 2.24) is 9.80 Å². The van der Waals surface area contributed by atoms with Gasteiger partial charge in [-0.2, -0.15) is 0 Å². The first-order valence-electron chi connectivity index (χ1n) is 6.43. The van der Waals surface area contributed by atoms with Crippen LogP contribution in [0.3, 0.4) is 0 Å².